The molecule has 0 bridgehead atoms. The number of anilines is 1. The molecule has 1 N–H and O–H groups in total. The molecule has 3 rings (SSSR count). The number of imide groups is 1. The number of hydrogen-bond acceptors (Lipinski definition) is 3. The summed E-state index contributed by atoms with van der Waals surface area (Å²) in [4.78, 5) is 38.7. The molecule has 3 amide bonds. The van der Waals surface area contributed by atoms with E-state index < -0.39 is 0 Å². The van der Waals surface area contributed by atoms with Crippen LogP contribution >= 0.6 is 31.9 Å². The van der Waals surface area contributed by atoms with Crippen molar-refractivity contribution >= 4 is 55.3 Å². The fourth-order valence-corrected chi connectivity index (χ4v) is 4.54. The largest absolute Gasteiger partial charge is 0.325 e. The third kappa shape index (κ3) is 3.42. The van der Waals surface area contributed by atoms with Crippen molar-refractivity contribution in [3.8, 4) is 0 Å². The van der Waals surface area contributed by atoms with E-state index in [4.69, 9.17) is 0 Å². The lowest BCUT2D eigenvalue weighted by Gasteiger charge is -2.29. The lowest BCUT2D eigenvalue weighted by atomic mass is 9.81. The zero-order chi connectivity index (χ0) is 17.4. The molecular formula is C17H18Br2N2O3. The van der Waals surface area contributed by atoms with E-state index in [1.807, 2.05) is 19.1 Å². The molecule has 0 radical (unpaired) electrons. The van der Waals surface area contributed by atoms with Gasteiger partial charge in [-0.15, -0.1) is 0 Å². The van der Waals surface area contributed by atoms with Gasteiger partial charge in [-0.05, 0) is 31.9 Å². The highest BCUT2D eigenvalue weighted by molar-refractivity contribution is 9.12. The molecule has 1 aromatic carbocycles. The molecule has 1 saturated heterocycles. The highest BCUT2D eigenvalue weighted by Gasteiger charge is 2.52. The summed E-state index contributed by atoms with van der Waals surface area (Å²) >= 11 is 7.10. The van der Waals surface area contributed by atoms with Crippen molar-refractivity contribution in [1.82, 2.24) is 4.90 Å². The zero-order valence-corrected chi connectivity index (χ0v) is 16.3. The summed E-state index contributed by atoms with van der Waals surface area (Å²) in [7, 11) is 0. The Bertz CT molecular complexity index is 649. The number of alkyl halides is 2. The van der Waals surface area contributed by atoms with Crippen LogP contribution in [0.25, 0.3) is 0 Å². The Kier molecular flexibility index (Phi) is 5.11. The number of nitrogens with one attached hydrogen (secondary N) is 1. The molecule has 0 unspecified atom stereocenters. The molecule has 0 spiro atoms. The Balaban J connectivity index is 1.66. The van der Waals surface area contributed by atoms with E-state index in [9.17, 15) is 14.4 Å². The van der Waals surface area contributed by atoms with Gasteiger partial charge in [0.15, 0.2) is 0 Å². The van der Waals surface area contributed by atoms with E-state index in [1.54, 1.807) is 12.1 Å². The molecule has 2 aliphatic rings. The van der Waals surface area contributed by atoms with E-state index in [0.29, 0.717) is 18.5 Å². The zero-order valence-electron chi connectivity index (χ0n) is 13.2. The monoisotopic (exact) mass is 456 g/mol. The van der Waals surface area contributed by atoms with Crippen LogP contribution in [0.4, 0.5) is 5.69 Å². The van der Waals surface area contributed by atoms with Crippen molar-refractivity contribution in [2.45, 2.75) is 29.4 Å². The van der Waals surface area contributed by atoms with E-state index in [-0.39, 0.29) is 45.8 Å². The molecular weight excluding hydrogens is 440 g/mol. The van der Waals surface area contributed by atoms with Gasteiger partial charge in [-0.25, -0.2) is 0 Å². The van der Waals surface area contributed by atoms with E-state index in [2.05, 4.69) is 37.2 Å². The summed E-state index contributed by atoms with van der Waals surface area (Å²) in [5, 5.41) is 2.73. The van der Waals surface area contributed by atoms with Crippen molar-refractivity contribution in [3.63, 3.8) is 0 Å². The second-order valence-corrected chi connectivity index (χ2v) is 8.75. The number of halogens is 2. The Hall–Kier alpha value is -1.21. The van der Waals surface area contributed by atoms with Crippen LogP contribution in [0.15, 0.2) is 24.3 Å². The minimum absolute atomic E-state index is 0.164. The van der Waals surface area contributed by atoms with Gasteiger partial charge in [0, 0.05) is 15.3 Å². The summed E-state index contributed by atoms with van der Waals surface area (Å²) in [6, 6.07) is 7.38. The van der Waals surface area contributed by atoms with Crippen LogP contribution in [0.1, 0.15) is 18.4 Å². The summed E-state index contributed by atoms with van der Waals surface area (Å²) < 4.78 is 0. The standard InChI is InChI=1S/C17H18Br2N2O3/c1-9-2-4-10(5-3-9)20-15(22)8-21-16(23)11-6-13(18)14(19)7-12(11)17(21)24/h2-5,11-14H,6-8H2,1H3,(H,20,22)/t11-,12-,13+,14+/m1/s1. The first-order chi connectivity index (χ1) is 11.4. The van der Waals surface area contributed by atoms with Crippen LogP contribution in [0, 0.1) is 18.8 Å². The fourth-order valence-electron chi connectivity index (χ4n) is 3.30. The first kappa shape index (κ1) is 17.6. The average Bonchev–Trinajstić information content (AvgIpc) is 2.75. The van der Waals surface area contributed by atoms with Gasteiger partial charge in [0.05, 0.1) is 11.8 Å². The van der Waals surface area contributed by atoms with Crippen LogP contribution < -0.4 is 5.32 Å². The van der Waals surface area contributed by atoms with Crippen LogP contribution in [-0.2, 0) is 14.4 Å². The molecule has 1 aliphatic heterocycles. The van der Waals surface area contributed by atoms with Gasteiger partial charge in [0.2, 0.25) is 17.7 Å². The summed E-state index contributed by atoms with van der Waals surface area (Å²) in [5.74, 6) is -1.45. The molecule has 1 heterocycles. The summed E-state index contributed by atoms with van der Waals surface area (Å²) in [6.07, 6.45) is 1.22. The van der Waals surface area contributed by atoms with Crippen LogP contribution in [0.2, 0.25) is 0 Å². The van der Waals surface area contributed by atoms with Gasteiger partial charge in [0.1, 0.15) is 6.54 Å². The number of benzene rings is 1. The van der Waals surface area contributed by atoms with Crippen molar-refractivity contribution in [1.29, 1.82) is 0 Å². The van der Waals surface area contributed by atoms with E-state index >= 15 is 0 Å². The van der Waals surface area contributed by atoms with Gasteiger partial charge >= 0.3 is 0 Å². The molecule has 4 atom stereocenters. The molecule has 1 saturated carbocycles. The minimum Gasteiger partial charge on any atom is -0.325 e. The Morgan fingerprint density at radius 1 is 1.08 bits per heavy atom. The van der Waals surface area contributed by atoms with E-state index in [1.165, 1.54) is 0 Å². The maximum Gasteiger partial charge on any atom is 0.244 e. The maximum atomic E-state index is 12.5. The van der Waals surface area contributed by atoms with Crippen molar-refractivity contribution in [2.24, 2.45) is 11.8 Å². The molecule has 1 aromatic rings. The number of hydrogen-bond donors (Lipinski definition) is 1. The lowest BCUT2D eigenvalue weighted by Crippen LogP contribution is -2.38. The predicted molar refractivity (Wildman–Crippen MR) is 98.2 cm³/mol. The Morgan fingerprint density at radius 3 is 2.08 bits per heavy atom. The van der Waals surface area contributed by atoms with Gasteiger partial charge in [-0.2, -0.15) is 0 Å². The normalized spacial score (nSPS) is 29.5. The number of rotatable bonds is 3. The van der Waals surface area contributed by atoms with Gasteiger partial charge in [-0.1, -0.05) is 49.6 Å². The number of carbonyl (C=O) groups is 3. The Labute approximate surface area is 157 Å². The number of likely N-dealkylation sites (tertiary alicyclic amines) is 1. The Morgan fingerprint density at radius 2 is 1.58 bits per heavy atom. The number of carbonyl (C=O) groups excluding carboxylic acids is 3. The second kappa shape index (κ2) is 6.96. The van der Waals surface area contributed by atoms with Gasteiger partial charge < -0.3 is 5.32 Å². The van der Waals surface area contributed by atoms with Gasteiger partial charge in [0.25, 0.3) is 0 Å². The quantitative estimate of drug-likeness (QED) is 0.560. The number of amides is 3. The van der Waals surface area contributed by atoms with Crippen LogP contribution in [-0.4, -0.2) is 38.8 Å². The van der Waals surface area contributed by atoms with Crippen LogP contribution in [0.5, 0.6) is 0 Å². The molecule has 7 heteroatoms. The summed E-state index contributed by atoms with van der Waals surface area (Å²) in [5.41, 5.74) is 1.75. The number of nitrogens with zero attached hydrogens (tertiary/aromatic N) is 1. The maximum absolute atomic E-state index is 12.5. The SMILES string of the molecule is Cc1ccc(NC(=O)CN2C(=O)[C@@H]3C[C@H](Br)[C@@H](Br)C[C@H]3C2=O)cc1. The van der Waals surface area contributed by atoms with Crippen molar-refractivity contribution in [2.75, 3.05) is 11.9 Å². The molecule has 2 fully saturated rings. The minimum atomic E-state index is -0.356. The lowest BCUT2D eigenvalue weighted by molar-refractivity contribution is -0.142. The van der Waals surface area contributed by atoms with E-state index in [0.717, 1.165) is 10.5 Å². The van der Waals surface area contributed by atoms with Crippen molar-refractivity contribution < 1.29 is 14.4 Å². The number of aryl methyl sites for hydroxylation is 1. The topological polar surface area (TPSA) is 66.5 Å². The highest BCUT2D eigenvalue weighted by Crippen LogP contribution is 2.43. The smallest absolute Gasteiger partial charge is 0.244 e. The average molecular weight is 458 g/mol. The molecule has 128 valence electrons. The second-order valence-electron chi connectivity index (χ2n) is 6.39. The summed E-state index contributed by atoms with van der Waals surface area (Å²) in [6.45, 7) is 1.74. The van der Waals surface area contributed by atoms with Gasteiger partial charge in [-0.3, -0.25) is 19.3 Å². The molecule has 24 heavy (non-hydrogen) atoms. The molecule has 0 aromatic heterocycles. The highest BCUT2D eigenvalue weighted by atomic mass is 79.9. The molecule has 1 aliphatic carbocycles. The third-order valence-corrected chi connectivity index (χ3v) is 7.37. The molecule has 5 nitrogen and oxygen atoms in total. The first-order valence-corrected chi connectivity index (χ1v) is 9.70. The fraction of sp³-hybridized carbons (Fsp3) is 0.471. The number of fused-ring (bicyclic) bond motifs is 1. The van der Waals surface area contributed by atoms with Crippen LogP contribution in [0.3, 0.4) is 0 Å². The third-order valence-electron chi connectivity index (χ3n) is 4.64. The first-order valence-electron chi connectivity index (χ1n) is 7.86. The predicted octanol–water partition coefficient (Wildman–Crippen LogP) is 2.86. The van der Waals surface area contributed by atoms with Crippen molar-refractivity contribution in [3.05, 3.63) is 29.8 Å².